The van der Waals surface area contributed by atoms with Gasteiger partial charge in [-0.1, -0.05) is 42.0 Å². The Labute approximate surface area is 161 Å². The first-order valence-electron chi connectivity index (χ1n) is 8.99. The number of carbonyl (C=O) groups excluding carboxylic acids is 2. The van der Waals surface area contributed by atoms with Crippen LogP contribution in [0.3, 0.4) is 0 Å². The van der Waals surface area contributed by atoms with E-state index in [0.717, 1.165) is 23.3 Å². The smallest absolute Gasteiger partial charge is 0.352 e. The van der Waals surface area contributed by atoms with Gasteiger partial charge in [-0.15, -0.1) is 0 Å². The van der Waals surface area contributed by atoms with Crippen molar-refractivity contribution in [2.24, 2.45) is 5.92 Å². The molecule has 2 aromatic rings. The first-order chi connectivity index (χ1) is 13.2. The Kier molecular flexibility index (Phi) is 5.72. The van der Waals surface area contributed by atoms with Crippen molar-refractivity contribution in [3.05, 3.63) is 70.8 Å². The Bertz CT molecular complexity index is 880. The Morgan fingerprint density at radius 3 is 2.57 bits per heavy atom. The van der Waals surface area contributed by atoms with Gasteiger partial charge in [0.05, 0.1) is 11.5 Å². The minimum atomic E-state index is -4.43. The summed E-state index contributed by atoms with van der Waals surface area (Å²) in [5.74, 6) is -0.947. The predicted octanol–water partition coefficient (Wildman–Crippen LogP) is 3.68. The molecule has 0 saturated carbocycles. The lowest BCUT2D eigenvalue weighted by Crippen LogP contribution is -2.32. The summed E-state index contributed by atoms with van der Waals surface area (Å²) in [7, 11) is 0. The number of hydrogen-bond acceptors (Lipinski definition) is 2. The van der Waals surface area contributed by atoms with Crippen LogP contribution < -0.4 is 5.32 Å². The quantitative estimate of drug-likeness (QED) is 0.847. The number of rotatable bonds is 5. The van der Waals surface area contributed by atoms with E-state index in [2.05, 4.69) is 5.32 Å². The molecule has 1 atom stereocenters. The summed E-state index contributed by atoms with van der Waals surface area (Å²) in [6, 6.07) is 12.7. The minimum absolute atomic E-state index is 0.0599. The van der Waals surface area contributed by atoms with E-state index in [9.17, 15) is 22.8 Å². The van der Waals surface area contributed by atoms with Crippen LogP contribution in [-0.4, -0.2) is 23.3 Å². The van der Waals surface area contributed by atoms with Crippen molar-refractivity contribution in [2.45, 2.75) is 32.6 Å². The van der Waals surface area contributed by atoms with Gasteiger partial charge in [-0.3, -0.25) is 9.59 Å². The predicted molar refractivity (Wildman–Crippen MR) is 98.0 cm³/mol. The second-order valence-corrected chi connectivity index (χ2v) is 7.08. The SMILES string of the molecule is Cc1cccc(CNC(=O)C2CC(=O)N(Cc3cccc(C(F)(F)F)c3)C2)c1. The number of hydrogen-bond donors (Lipinski definition) is 1. The Morgan fingerprint density at radius 2 is 1.86 bits per heavy atom. The molecule has 28 heavy (non-hydrogen) atoms. The van der Waals surface area contributed by atoms with Crippen LogP contribution in [0, 0.1) is 12.8 Å². The zero-order valence-electron chi connectivity index (χ0n) is 15.4. The highest BCUT2D eigenvalue weighted by atomic mass is 19.4. The van der Waals surface area contributed by atoms with E-state index in [1.165, 1.54) is 11.0 Å². The number of halogens is 3. The van der Waals surface area contributed by atoms with Crippen LogP contribution in [0.15, 0.2) is 48.5 Å². The Balaban J connectivity index is 1.58. The molecule has 1 unspecified atom stereocenters. The molecule has 0 spiro atoms. The summed E-state index contributed by atoms with van der Waals surface area (Å²) in [5, 5.41) is 2.84. The highest BCUT2D eigenvalue weighted by Crippen LogP contribution is 2.30. The maximum Gasteiger partial charge on any atom is 0.416 e. The number of carbonyl (C=O) groups is 2. The average Bonchev–Trinajstić information content (AvgIpc) is 3.00. The van der Waals surface area contributed by atoms with Crippen LogP contribution in [0.4, 0.5) is 13.2 Å². The lowest BCUT2D eigenvalue weighted by Gasteiger charge is -2.17. The van der Waals surface area contributed by atoms with E-state index in [1.54, 1.807) is 6.07 Å². The van der Waals surface area contributed by atoms with Gasteiger partial charge in [-0.2, -0.15) is 13.2 Å². The molecule has 3 rings (SSSR count). The molecule has 1 fully saturated rings. The highest BCUT2D eigenvalue weighted by molar-refractivity contribution is 5.89. The van der Waals surface area contributed by atoms with Gasteiger partial charge in [0.1, 0.15) is 0 Å². The van der Waals surface area contributed by atoms with Crippen molar-refractivity contribution in [1.29, 1.82) is 0 Å². The molecule has 0 aromatic heterocycles. The lowest BCUT2D eigenvalue weighted by atomic mass is 10.1. The fraction of sp³-hybridized carbons (Fsp3) is 0.333. The summed E-state index contributed by atoms with van der Waals surface area (Å²) >= 11 is 0. The van der Waals surface area contributed by atoms with Crippen molar-refractivity contribution in [3.63, 3.8) is 0 Å². The normalized spacial score (nSPS) is 17.1. The zero-order valence-corrected chi connectivity index (χ0v) is 15.4. The maximum atomic E-state index is 12.8. The second kappa shape index (κ2) is 8.04. The summed E-state index contributed by atoms with van der Waals surface area (Å²) in [6.45, 7) is 2.60. The molecule has 0 bridgehead atoms. The van der Waals surface area contributed by atoms with E-state index in [0.29, 0.717) is 12.1 Å². The third kappa shape index (κ3) is 4.91. The third-order valence-corrected chi connectivity index (χ3v) is 4.76. The number of nitrogens with zero attached hydrogens (tertiary/aromatic N) is 1. The van der Waals surface area contributed by atoms with E-state index in [4.69, 9.17) is 0 Å². The van der Waals surface area contributed by atoms with Gasteiger partial charge in [-0.05, 0) is 30.2 Å². The number of likely N-dealkylation sites (tertiary alicyclic amines) is 1. The summed E-state index contributed by atoms with van der Waals surface area (Å²) < 4.78 is 38.5. The minimum Gasteiger partial charge on any atom is -0.352 e. The van der Waals surface area contributed by atoms with E-state index in [-0.39, 0.29) is 31.3 Å². The molecule has 1 N–H and O–H groups in total. The third-order valence-electron chi connectivity index (χ3n) is 4.76. The molecule has 1 saturated heterocycles. The molecule has 2 aromatic carbocycles. The molecule has 4 nitrogen and oxygen atoms in total. The van der Waals surface area contributed by atoms with Crippen LogP contribution in [0.2, 0.25) is 0 Å². The van der Waals surface area contributed by atoms with Crippen molar-refractivity contribution < 1.29 is 22.8 Å². The van der Waals surface area contributed by atoms with E-state index in [1.807, 2.05) is 31.2 Å². The van der Waals surface area contributed by atoms with Gasteiger partial charge >= 0.3 is 6.18 Å². The fourth-order valence-corrected chi connectivity index (χ4v) is 3.32. The van der Waals surface area contributed by atoms with Crippen molar-refractivity contribution in [3.8, 4) is 0 Å². The number of amides is 2. The largest absolute Gasteiger partial charge is 0.416 e. The van der Waals surface area contributed by atoms with Crippen LogP contribution in [0.25, 0.3) is 0 Å². The number of alkyl halides is 3. The fourth-order valence-electron chi connectivity index (χ4n) is 3.32. The zero-order chi connectivity index (χ0) is 20.3. The van der Waals surface area contributed by atoms with Crippen LogP contribution in [-0.2, 0) is 28.9 Å². The standard InChI is InChI=1S/C21H21F3N2O2/c1-14-4-2-5-15(8-14)11-25-20(28)17-10-19(27)26(13-17)12-16-6-3-7-18(9-16)21(22,23)24/h2-9,17H,10-13H2,1H3,(H,25,28). The van der Waals surface area contributed by atoms with Gasteiger partial charge < -0.3 is 10.2 Å². The number of benzene rings is 2. The van der Waals surface area contributed by atoms with Crippen molar-refractivity contribution >= 4 is 11.8 Å². The second-order valence-electron chi connectivity index (χ2n) is 7.08. The molecular formula is C21H21F3N2O2. The van der Waals surface area contributed by atoms with Gasteiger partial charge in [0.25, 0.3) is 0 Å². The Hall–Kier alpha value is -2.83. The molecule has 0 aliphatic carbocycles. The molecule has 148 valence electrons. The molecule has 1 aliphatic rings. The first-order valence-corrected chi connectivity index (χ1v) is 8.99. The van der Waals surface area contributed by atoms with Gasteiger partial charge in [0.2, 0.25) is 11.8 Å². The first kappa shape index (κ1) is 19.9. The molecule has 2 amide bonds. The highest BCUT2D eigenvalue weighted by Gasteiger charge is 2.35. The average molecular weight is 390 g/mol. The van der Waals surface area contributed by atoms with Crippen molar-refractivity contribution in [1.82, 2.24) is 10.2 Å². The van der Waals surface area contributed by atoms with Crippen LogP contribution in [0.5, 0.6) is 0 Å². The van der Waals surface area contributed by atoms with E-state index >= 15 is 0 Å². The van der Waals surface area contributed by atoms with Gasteiger partial charge in [0, 0.05) is 26.1 Å². The topological polar surface area (TPSA) is 49.4 Å². The molecular weight excluding hydrogens is 369 g/mol. The van der Waals surface area contributed by atoms with Crippen molar-refractivity contribution in [2.75, 3.05) is 6.54 Å². The Morgan fingerprint density at radius 1 is 1.14 bits per heavy atom. The van der Waals surface area contributed by atoms with E-state index < -0.39 is 17.7 Å². The van der Waals surface area contributed by atoms with Crippen LogP contribution >= 0.6 is 0 Å². The van der Waals surface area contributed by atoms with Crippen LogP contribution in [0.1, 0.15) is 28.7 Å². The van der Waals surface area contributed by atoms with Gasteiger partial charge in [-0.25, -0.2) is 0 Å². The monoisotopic (exact) mass is 390 g/mol. The molecule has 7 heteroatoms. The number of aryl methyl sites for hydroxylation is 1. The lowest BCUT2D eigenvalue weighted by molar-refractivity contribution is -0.137. The summed E-state index contributed by atoms with van der Waals surface area (Å²) in [5.41, 5.74) is 1.71. The maximum absolute atomic E-state index is 12.8. The summed E-state index contributed by atoms with van der Waals surface area (Å²) in [6.07, 6.45) is -4.36. The molecule has 0 radical (unpaired) electrons. The number of nitrogens with one attached hydrogen (secondary N) is 1. The molecule has 1 aliphatic heterocycles. The van der Waals surface area contributed by atoms with Gasteiger partial charge in [0.15, 0.2) is 0 Å². The molecule has 1 heterocycles. The summed E-state index contributed by atoms with van der Waals surface area (Å²) in [4.78, 5) is 26.0.